The molecule has 0 saturated heterocycles. The average Bonchev–Trinajstić information content (AvgIpc) is 3.46. The molecule has 0 radical (unpaired) electrons. The molecule has 148 valence electrons. The van der Waals surface area contributed by atoms with E-state index in [0.29, 0.717) is 21.1 Å². The van der Waals surface area contributed by atoms with Crippen LogP contribution in [0.4, 0.5) is 0 Å². The minimum absolute atomic E-state index is 0.205. The second-order valence-corrected chi connectivity index (χ2v) is 7.77. The Morgan fingerprint density at radius 2 is 1.87 bits per heavy atom. The maximum Gasteiger partial charge on any atom is 0.291 e. The molecule has 3 aromatic heterocycles. The van der Waals surface area contributed by atoms with Gasteiger partial charge in [0.1, 0.15) is 28.4 Å². The van der Waals surface area contributed by atoms with E-state index in [0.717, 1.165) is 22.6 Å². The molecule has 3 heterocycles. The number of aryl methyl sites for hydroxylation is 1. The van der Waals surface area contributed by atoms with E-state index in [1.807, 2.05) is 73.7 Å². The van der Waals surface area contributed by atoms with Crippen molar-refractivity contribution in [1.82, 2.24) is 14.6 Å². The van der Waals surface area contributed by atoms with Crippen LogP contribution >= 0.6 is 11.3 Å². The predicted molar refractivity (Wildman–Crippen MR) is 116 cm³/mol. The van der Waals surface area contributed by atoms with Crippen molar-refractivity contribution in [3.8, 4) is 17.1 Å². The van der Waals surface area contributed by atoms with Gasteiger partial charge in [-0.1, -0.05) is 59.9 Å². The first kappa shape index (κ1) is 18.3. The highest BCUT2D eigenvalue weighted by molar-refractivity contribution is 7.15. The largest absolute Gasteiger partial charge is 0.485 e. The van der Waals surface area contributed by atoms with Gasteiger partial charge in [0.15, 0.2) is 5.82 Å². The third kappa shape index (κ3) is 3.51. The minimum Gasteiger partial charge on any atom is -0.485 e. The Kier molecular flexibility index (Phi) is 4.65. The van der Waals surface area contributed by atoms with Gasteiger partial charge in [-0.3, -0.25) is 4.79 Å². The summed E-state index contributed by atoms with van der Waals surface area (Å²) in [6.07, 6.45) is 1.72. The van der Waals surface area contributed by atoms with Gasteiger partial charge in [0.05, 0.1) is 0 Å². The SMILES string of the molecule is Cc1ccccc1OCc1nc2sc(=Cc3ccc(-c4ccccc4)o3)c(=O)n2n1. The third-order valence-electron chi connectivity index (χ3n) is 4.63. The van der Waals surface area contributed by atoms with Crippen LogP contribution in [0.2, 0.25) is 0 Å². The van der Waals surface area contributed by atoms with Gasteiger partial charge in [-0.25, -0.2) is 0 Å². The summed E-state index contributed by atoms with van der Waals surface area (Å²) in [5.41, 5.74) is 1.80. The second-order valence-electron chi connectivity index (χ2n) is 6.76. The van der Waals surface area contributed by atoms with Gasteiger partial charge in [-0.15, -0.1) is 5.10 Å². The number of ether oxygens (including phenoxy) is 1. The number of rotatable bonds is 5. The predicted octanol–water partition coefficient (Wildman–Crippen LogP) is 3.85. The number of hydrogen-bond acceptors (Lipinski definition) is 6. The van der Waals surface area contributed by atoms with E-state index in [9.17, 15) is 4.79 Å². The van der Waals surface area contributed by atoms with Crippen molar-refractivity contribution in [3.63, 3.8) is 0 Å². The van der Waals surface area contributed by atoms with Crippen molar-refractivity contribution in [3.05, 3.63) is 98.8 Å². The number of thiazole rings is 1. The molecule has 0 aliphatic rings. The number of nitrogens with zero attached hydrogens (tertiary/aromatic N) is 3. The van der Waals surface area contributed by atoms with E-state index < -0.39 is 0 Å². The molecule has 0 atom stereocenters. The summed E-state index contributed by atoms with van der Waals surface area (Å²) in [6, 6.07) is 21.3. The van der Waals surface area contributed by atoms with Crippen LogP contribution in [-0.4, -0.2) is 14.6 Å². The first-order chi connectivity index (χ1) is 14.7. The highest BCUT2D eigenvalue weighted by Gasteiger charge is 2.12. The Morgan fingerprint density at radius 1 is 1.07 bits per heavy atom. The van der Waals surface area contributed by atoms with Crippen molar-refractivity contribution >= 4 is 22.4 Å². The molecule has 5 aromatic rings. The maximum absolute atomic E-state index is 12.7. The van der Waals surface area contributed by atoms with Crippen LogP contribution < -0.4 is 14.8 Å². The highest BCUT2D eigenvalue weighted by atomic mass is 32.1. The quantitative estimate of drug-likeness (QED) is 0.436. The number of fused-ring (bicyclic) bond motifs is 1. The Labute approximate surface area is 175 Å². The van der Waals surface area contributed by atoms with Gasteiger partial charge >= 0.3 is 0 Å². The van der Waals surface area contributed by atoms with E-state index >= 15 is 0 Å². The first-order valence-electron chi connectivity index (χ1n) is 9.41. The Balaban J connectivity index is 1.40. The standard InChI is InChI=1S/C23H17N3O3S/c1-15-7-5-6-10-18(15)28-14-21-24-23-26(25-21)22(27)20(30-23)13-17-11-12-19(29-17)16-8-3-2-4-9-16/h2-13H,14H2,1H3. The monoisotopic (exact) mass is 415 g/mol. The van der Waals surface area contributed by atoms with Gasteiger partial charge in [0, 0.05) is 11.6 Å². The van der Waals surface area contributed by atoms with Crippen molar-refractivity contribution in [2.24, 2.45) is 0 Å². The lowest BCUT2D eigenvalue weighted by Crippen LogP contribution is -2.23. The molecule has 0 fully saturated rings. The molecule has 0 aliphatic carbocycles. The molecule has 0 unspecified atom stereocenters. The molecule has 2 aromatic carbocycles. The highest BCUT2D eigenvalue weighted by Crippen LogP contribution is 2.22. The number of para-hydroxylation sites is 1. The smallest absolute Gasteiger partial charge is 0.291 e. The van der Waals surface area contributed by atoms with Crippen LogP contribution in [0, 0.1) is 6.92 Å². The van der Waals surface area contributed by atoms with E-state index in [1.54, 1.807) is 6.08 Å². The third-order valence-corrected chi connectivity index (χ3v) is 5.59. The summed E-state index contributed by atoms with van der Waals surface area (Å²) in [5, 5.41) is 4.30. The molecular weight excluding hydrogens is 398 g/mol. The fraction of sp³-hybridized carbons (Fsp3) is 0.0870. The van der Waals surface area contributed by atoms with E-state index in [-0.39, 0.29) is 12.2 Å². The summed E-state index contributed by atoms with van der Waals surface area (Å²) >= 11 is 1.28. The summed E-state index contributed by atoms with van der Waals surface area (Å²) in [4.78, 5) is 17.7. The van der Waals surface area contributed by atoms with Crippen LogP contribution in [0.1, 0.15) is 17.1 Å². The molecule has 7 heteroatoms. The van der Waals surface area contributed by atoms with Gasteiger partial charge < -0.3 is 9.15 Å². The van der Waals surface area contributed by atoms with Crippen molar-refractivity contribution < 1.29 is 9.15 Å². The molecule has 0 N–H and O–H groups in total. The minimum atomic E-state index is -0.220. The average molecular weight is 415 g/mol. The molecule has 0 saturated carbocycles. The Hall–Kier alpha value is -3.71. The van der Waals surface area contributed by atoms with Crippen LogP contribution in [0.25, 0.3) is 22.4 Å². The fourth-order valence-corrected chi connectivity index (χ4v) is 4.02. The molecule has 0 amide bonds. The molecule has 6 nitrogen and oxygen atoms in total. The normalized spacial score (nSPS) is 12.0. The maximum atomic E-state index is 12.7. The zero-order valence-corrected chi connectivity index (χ0v) is 16.9. The van der Waals surface area contributed by atoms with Crippen molar-refractivity contribution in [1.29, 1.82) is 0 Å². The van der Waals surface area contributed by atoms with Gasteiger partial charge in [0.2, 0.25) is 4.96 Å². The topological polar surface area (TPSA) is 69.6 Å². The molecule has 5 rings (SSSR count). The summed E-state index contributed by atoms with van der Waals surface area (Å²) in [7, 11) is 0. The van der Waals surface area contributed by atoms with E-state index in [2.05, 4.69) is 10.1 Å². The lowest BCUT2D eigenvalue weighted by Gasteiger charge is -2.05. The lowest BCUT2D eigenvalue weighted by molar-refractivity contribution is 0.294. The number of aromatic nitrogens is 3. The first-order valence-corrected chi connectivity index (χ1v) is 10.2. The lowest BCUT2D eigenvalue weighted by atomic mass is 10.2. The van der Waals surface area contributed by atoms with Gasteiger partial charge in [-0.2, -0.15) is 9.50 Å². The van der Waals surface area contributed by atoms with E-state index in [1.165, 1.54) is 15.9 Å². The van der Waals surface area contributed by atoms with Crippen LogP contribution in [-0.2, 0) is 6.61 Å². The Bertz CT molecular complexity index is 1430. The number of hydrogen-bond donors (Lipinski definition) is 0. The Morgan fingerprint density at radius 3 is 2.67 bits per heavy atom. The summed E-state index contributed by atoms with van der Waals surface area (Å²) < 4.78 is 13.5. The molecule has 30 heavy (non-hydrogen) atoms. The number of benzene rings is 2. The van der Waals surface area contributed by atoms with Crippen LogP contribution in [0.5, 0.6) is 5.75 Å². The molecule has 0 bridgehead atoms. The van der Waals surface area contributed by atoms with E-state index in [4.69, 9.17) is 9.15 Å². The molecule has 0 aliphatic heterocycles. The van der Waals surface area contributed by atoms with Crippen molar-refractivity contribution in [2.75, 3.05) is 0 Å². The zero-order valence-electron chi connectivity index (χ0n) is 16.1. The molecular formula is C23H17N3O3S. The summed E-state index contributed by atoms with van der Waals surface area (Å²) in [6.45, 7) is 2.18. The van der Waals surface area contributed by atoms with Gasteiger partial charge in [-0.05, 0) is 30.7 Å². The van der Waals surface area contributed by atoms with Crippen molar-refractivity contribution in [2.45, 2.75) is 13.5 Å². The van der Waals surface area contributed by atoms with Gasteiger partial charge in [0.25, 0.3) is 5.56 Å². The van der Waals surface area contributed by atoms with Crippen LogP contribution in [0.3, 0.4) is 0 Å². The molecule has 0 spiro atoms. The zero-order chi connectivity index (χ0) is 20.5. The number of furan rings is 1. The summed E-state index contributed by atoms with van der Waals surface area (Å²) in [5.74, 6) is 2.61. The van der Waals surface area contributed by atoms with Crippen LogP contribution in [0.15, 0.2) is 75.9 Å². The second kappa shape index (κ2) is 7.61. The fourth-order valence-electron chi connectivity index (χ4n) is 3.11.